The Kier molecular flexibility index (Phi) is 4.39. The summed E-state index contributed by atoms with van der Waals surface area (Å²) in [5, 5.41) is 2.84. The standard InChI is InChI=1S/C15H14BrFN2O/c1-9(10-2-5-12(17)6-3-10)19-15(20)13-8-11(16)4-7-14(13)18/h2-9H,18H2,1H3,(H,19,20)/t9-/m0/s1. The number of carbonyl (C=O) groups excluding carboxylic acids is 1. The topological polar surface area (TPSA) is 55.1 Å². The summed E-state index contributed by atoms with van der Waals surface area (Å²) in [7, 11) is 0. The maximum atomic E-state index is 12.9. The molecule has 0 aliphatic heterocycles. The van der Waals surface area contributed by atoms with Gasteiger partial charge >= 0.3 is 0 Å². The Morgan fingerprint density at radius 2 is 1.90 bits per heavy atom. The highest BCUT2D eigenvalue weighted by Gasteiger charge is 2.14. The zero-order chi connectivity index (χ0) is 14.7. The van der Waals surface area contributed by atoms with Crippen LogP contribution in [0.15, 0.2) is 46.9 Å². The van der Waals surface area contributed by atoms with E-state index in [0.717, 1.165) is 10.0 Å². The molecule has 0 heterocycles. The molecule has 2 aromatic carbocycles. The van der Waals surface area contributed by atoms with Crippen molar-refractivity contribution in [3.05, 3.63) is 63.9 Å². The van der Waals surface area contributed by atoms with Gasteiger partial charge < -0.3 is 11.1 Å². The summed E-state index contributed by atoms with van der Waals surface area (Å²) in [6.07, 6.45) is 0. The molecule has 2 aromatic rings. The summed E-state index contributed by atoms with van der Waals surface area (Å²) in [6, 6.07) is 10.9. The number of nitrogens with one attached hydrogen (secondary N) is 1. The van der Waals surface area contributed by atoms with Crippen LogP contribution in [-0.2, 0) is 0 Å². The number of amides is 1. The van der Waals surface area contributed by atoms with Gasteiger partial charge in [-0.1, -0.05) is 28.1 Å². The van der Waals surface area contributed by atoms with Gasteiger partial charge in [0.15, 0.2) is 0 Å². The van der Waals surface area contributed by atoms with Crippen LogP contribution in [0.2, 0.25) is 0 Å². The number of nitrogens with two attached hydrogens (primary N) is 1. The van der Waals surface area contributed by atoms with E-state index in [4.69, 9.17) is 5.73 Å². The van der Waals surface area contributed by atoms with Crippen molar-refractivity contribution in [1.82, 2.24) is 5.32 Å². The maximum Gasteiger partial charge on any atom is 0.253 e. The van der Waals surface area contributed by atoms with Crippen LogP contribution in [0, 0.1) is 5.82 Å². The fourth-order valence-corrected chi connectivity index (χ4v) is 2.20. The number of carbonyl (C=O) groups is 1. The number of hydrogen-bond acceptors (Lipinski definition) is 2. The third-order valence-electron chi connectivity index (χ3n) is 2.98. The van der Waals surface area contributed by atoms with Gasteiger partial charge in [0.05, 0.1) is 11.6 Å². The van der Waals surface area contributed by atoms with Crippen LogP contribution in [0.4, 0.5) is 10.1 Å². The van der Waals surface area contributed by atoms with Crippen molar-refractivity contribution in [3.8, 4) is 0 Å². The van der Waals surface area contributed by atoms with E-state index in [2.05, 4.69) is 21.2 Å². The third kappa shape index (κ3) is 3.36. The lowest BCUT2D eigenvalue weighted by molar-refractivity contribution is 0.0940. The summed E-state index contributed by atoms with van der Waals surface area (Å²) in [6.45, 7) is 1.83. The van der Waals surface area contributed by atoms with Crippen molar-refractivity contribution >= 4 is 27.5 Å². The number of hydrogen-bond donors (Lipinski definition) is 2. The van der Waals surface area contributed by atoms with E-state index >= 15 is 0 Å². The summed E-state index contributed by atoms with van der Waals surface area (Å²) in [4.78, 5) is 12.2. The molecule has 0 unspecified atom stereocenters. The van der Waals surface area contributed by atoms with Gasteiger partial charge in [-0.2, -0.15) is 0 Å². The minimum absolute atomic E-state index is 0.235. The molecule has 1 atom stereocenters. The number of anilines is 1. The highest BCUT2D eigenvalue weighted by molar-refractivity contribution is 9.10. The molecule has 2 rings (SSSR count). The SMILES string of the molecule is C[C@H](NC(=O)c1cc(Br)ccc1N)c1ccc(F)cc1. The molecule has 3 nitrogen and oxygen atoms in total. The fraction of sp³-hybridized carbons (Fsp3) is 0.133. The molecule has 3 N–H and O–H groups in total. The first-order chi connectivity index (χ1) is 9.47. The van der Waals surface area contributed by atoms with Crippen LogP contribution in [-0.4, -0.2) is 5.91 Å². The normalized spacial score (nSPS) is 11.9. The summed E-state index contributed by atoms with van der Waals surface area (Å²) >= 11 is 3.31. The zero-order valence-corrected chi connectivity index (χ0v) is 12.4. The number of halogens is 2. The van der Waals surface area contributed by atoms with Crippen molar-refractivity contribution in [3.63, 3.8) is 0 Å². The van der Waals surface area contributed by atoms with E-state index in [9.17, 15) is 9.18 Å². The van der Waals surface area contributed by atoms with E-state index in [1.807, 2.05) is 6.92 Å². The van der Waals surface area contributed by atoms with E-state index in [-0.39, 0.29) is 17.8 Å². The Bertz CT molecular complexity index is 628. The lowest BCUT2D eigenvalue weighted by Crippen LogP contribution is -2.27. The highest BCUT2D eigenvalue weighted by Crippen LogP contribution is 2.20. The molecule has 0 radical (unpaired) electrons. The molecular weight excluding hydrogens is 323 g/mol. The molecule has 0 saturated carbocycles. The molecule has 0 fully saturated rings. The van der Waals surface area contributed by atoms with Crippen molar-refractivity contribution in [2.45, 2.75) is 13.0 Å². The molecule has 0 aliphatic rings. The van der Waals surface area contributed by atoms with Crippen molar-refractivity contribution in [2.75, 3.05) is 5.73 Å². The Morgan fingerprint density at radius 1 is 1.25 bits per heavy atom. The molecular formula is C15H14BrFN2O. The second-order valence-electron chi connectivity index (χ2n) is 4.48. The van der Waals surface area contributed by atoms with Crippen LogP contribution < -0.4 is 11.1 Å². The van der Waals surface area contributed by atoms with E-state index in [1.165, 1.54) is 12.1 Å². The van der Waals surface area contributed by atoms with Crippen molar-refractivity contribution < 1.29 is 9.18 Å². The van der Waals surface area contributed by atoms with Crippen LogP contribution in [0.25, 0.3) is 0 Å². The lowest BCUT2D eigenvalue weighted by atomic mass is 10.1. The lowest BCUT2D eigenvalue weighted by Gasteiger charge is -2.15. The predicted molar refractivity (Wildman–Crippen MR) is 80.8 cm³/mol. The van der Waals surface area contributed by atoms with Crippen LogP contribution >= 0.6 is 15.9 Å². The largest absolute Gasteiger partial charge is 0.398 e. The van der Waals surface area contributed by atoms with E-state index in [0.29, 0.717) is 11.3 Å². The average Bonchev–Trinajstić information content (AvgIpc) is 2.42. The number of rotatable bonds is 3. The Morgan fingerprint density at radius 3 is 2.55 bits per heavy atom. The maximum absolute atomic E-state index is 12.9. The van der Waals surface area contributed by atoms with Crippen molar-refractivity contribution in [1.29, 1.82) is 0 Å². The molecule has 1 amide bonds. The van der Waals surface area contributed by atoms with E-state index < -0.39 is 0 Å². The minimum atomic E-state index is -0.302. The first kappa shape index (κ1) is 14.5. The van der Waals surface area contributed by atoms with Gasteiger partial charge in [0, 0.05) is 10.2 Å². The molecule has 0 aromatic heterocycles. The van der Waals surface area contributed by atoms with Gasteiger partial charge in [-0.05, 0) is 42.8 Å². The molecule has 0 bridgehead atoms. The molecule has 0 saturated heterocycles. The van der Waals surface area contributed by atoms with Gasteiger partial charge in [-0.3, -0.25) is 4.79 Å². The highest BCUT2D eigenvalue weighted by atomic mass is 79.9. The summed E-state index contributed by atoms with van der Waals surface area (Å²) in [5.41, 5.74) is 7.44. The predicted octanol–water partition coefficient (Wildman–Crippen LogP) is 3.66. The van der Waals surface area contributed by atoms with Gasteiger partial charge in [-0.15, -0.1) is 0 Å². The first-order valence-corrected chi connectivity index (χ1v) is 6.88. The van der Waals surface area contributed by atoms with Gasteiger partial charge in [0.2, 0.25) is 0 Å². The molecule has 5 heteroatoms. The summed E-state index contributed by atoms with van der Waals surface area (Å²) in [5.74, 6) is -0.566. The monoisotopic (exact) mass is 336 g/mol. The first-order valence-electron chi connectivity index (χ1n) is 6.08. The molecule has 104 valence electrons. The third-order valence-corrected chi connectivity index (χ3v) is 3.47. The van der Waals surface area contributed by atoms with Crippen LogP contribution in [0.3, 0.4) is 0 Å². The van der Waals surface area contributed by atoms with E-state index in [1.54, 1.807) is 30.3 Å². The van der Waals surface area contributed by atoms with Crippen LogP contribution in [0.1, 0.15) is 28.9 Å². The quantitative estimate of drug-likeness (QED) is 0.840. The summed E-state index contributed by atoms with van der Waals surface area (Å²) < 4.78 is 13.6. The number of nitrogen functional groups attached to an aromatic ring is 1. The molecule has 0 spiro atoms. The second-order valence-corrected chi connectivity index (χ2v) is 5.39. The molecule has 0 aliphatic carbocycles. The Balaban J connectivity index is 2.15. The molecule has 20 heavy (non-hydrogen) atoms. The Labute approximate surface area is 125 Å². The van der Waals surface area contributed by atoms with Gasteiger partial charge in [0.1, 0.15) is 5.82 Å². The zero-order valence-electron chi connectivity index (χ0n) is 10.9. The van der Waals surface area contributed by atoms with Gasteiger partial charge in [-0.25, -0.2) is 4.39 Å². The average molecular weight is 337 g/mol. The van der Waals surface area contributed by atoms with Gasteiger partial charge in [0.25, 0.3) is 5.91 Å². The smallest absolute Gasteiger partial charge is 0.253 e. The van der Waals surface area contributed by atoms with Crippen LogP contribution in [0.5, 0.6) is 0 Å². The number of benzene rings is 2. The second kappa shape index (κ2) is 6.05. The minimum Gasteiger partial charge on any atom is -0.398 e. The Hall–Kier alpha value is -1.88. The fourth-order valence-electron chi connectivity index (χ4n) is 1.83. The van der Waals surface area contributed by atoms with Crippen molar-refractivity contribution in [2.24, 2.45) is 0 Å².